The fourth-order valence-corrected chi connectivity index (χ4v) is 3.39. The molecule has 1 aliphatic rings. The van der Waals surface area contributed by atoms with Crippen LogP contribution >= 0.6 is 10.8 Å². The van der Waals surface area contributed by atoms with Crippen LogP contribution in [0, 0.1) is 0 Å². The third-order valence-electron chi connectivity index (χ3n) is 1.40. The Hall–Kier alpha value is -0.520. The smallest absolute Gasteiger partial charge is 0.267 e. The fraction of sp³-hybridized carbons (Fsp3) is 0. The van der Waals surface area contributed by atoms with Gasteiger partial charge in [0.25, 0.3) is 10.3 Å². The van der Waals surface area contributed by atoms with Gasteiger partial charge in [-0.05, 0) is 18.2 Å². The topological polar surface area (TPSA) is 64.1 Å². The van der Waals surface area contributed by atoms with E-state index in [9.17, 15) is 0 Å². The Bertz CT molecular complexity index is 289. The van der Waals surface area contributed by atoms with Gasteiger partial charge >= 0.3 is 0 Å². The molecule has 0 amide bonds. The summed E-state index contributed by atoms with van der Waals surface area (Å²) in [7, 11) is 1.35. The minimum atomic E-state index is -0.266. The number of nitrogens with one attached hydrogen (secondary N) is 1. The molecule has 1 aromatic carbocycles. The van der Waals surface area contributed by atoms with E-state index in [0.717, 1.165) is 16.3 Å². The van der Waals surface area contributed by atoms with E-state index in [1.165, 1.54) is 0 Å². The molecule has 0 aromatic heterocycles. The lowest BCUT2D eigenvalue weighted by atomic mass is 10.3. The van der Waals surface area contributed by atoms with Crippen LogP contribution in [0.2, 0.25) is 0 Å². The Kier molecular flexibility index (Phi) is 1.63. The van der Waals surface area contributed by atoms with Crippen molar-refractivity contribution in [3.63, 3.8) is 0 Å². The molecular weight excluding hydrogens is 178 g/mol. The molecule has 0 saturated heterocycles. The van der Waals surface area contributed by atoms with Gasteiger partial charge < -0.3 is 5.73 Å². The van der Waals surface area contributed by atoms with Crippen molar-refractivity contribution in [3.05, 3.63) is 18.2 Å². The lowest BCUT2D eigenvalue weighted by molar-refractivity contribution is 1.48. The van der Waals surface area contributed by atoms with Crippen molar-refractivity contribution in [3.8, 4) is 0 Å². The molecule has 11 heavy (non-hydrogen) atoms. The van der Waals surface area contributed by atoms with Crippen LogP contribution in [-0.2, 0) is 10.3 Å². The van der Waals surface area contributed by atoms with Crippen molar-refractivity contribution >= 4 is 32.5 Å². The van der Waals surface area contributed by atoms with Crippen LogP contribution in [0.4, 0.5) is 11.4 Å². The molecule has 1 aromatic rings. The molecule has 0 aliphatic carbocycles. The quantitative estimate of drug-likeness (QED) is 0.322. The van der Waals surface area contributed by atoms with Gasteiger partial charge in [0.2, 0.25) is 0 Å². The van der Waals surface area contributed by atoms with Gasteiger partial charge in [0.05, 0.1) is 4.90 Å². The highest BCUT2D eigenvalue weighted by molar-refractivity contribution is 8.74. The predicted molar refractivity (Wildman–Crippen MR) is 51.9 cm³/mol. The van der Waals surface area contributed by atoms with Gasteiger partial charge in [-0.3, -0.25) is 0 Å². The van der Waals surface area contributed by atoms with Crippen molar-refractivity contribution < 1.29 is 0 Å². The predicted octanol–water partition coefficient (Wildman–Crippen LogP) is 1.11. The summed E-state index contributed by atoms with van der Waals surface area (Å²) in [6.45, 7) is 0. The first-order valence-electron chi connectivity index (χ1n) is 3.09. The second kappa shape index (κ2) is 2.51. The average Bonchev–Trinajstić information content (AvgIpc) is 2.27. The van der Waals surface area contributed by atoms with Crippen LogP contribution in [0.25, 0.3) is 0 Å². The maximum absolute atomic E-state index is 5.67. The van der Waals surface area contributed by atoms with Gasteiger partial charge in [0, 0.05) is 5.69 Å². The Morgan fingerprint density at radius 1 is 1.45 bits per heavy atom. The van der Waals surface area contributed by atoms with Crippen molar-refractivity contribution in [2.24, 2.45) is 5.14 Å². The number of rotatable bonds is 0. The first kappa shape index (κ1) is 7.15. The molecule has 0 bridgehead atoms. The third-order valence-corrected chi connectivity index (χ3v) is 3.84. The second-order valence-electron chi connectivity index (χ2n) is 2.24. The Morgan fingerprint density at radius 2 is 2.27 bits per heavy atom. The van der Waals surface area contributed by atoms with E-state index in [-0.39, 0.29) is 10.3 Å². The van der Waals surface area contributed by atoms with Gasteiger partial charge in [-0.25, -0.2) is 0 Å². The average molecular weight is 186 g/mol. The van der Waals surface area contributed by atoms with E-state index in [4.69, 9.17) is 10.9 Å². The van der Waals surface area contributed by atoms with Crippen LogP contribution in [0.3, 0.4) is 0 Å². The summed E-state index contributed by atoms with van der Waals surface area (Å²) in [6, 6.07) is 5.76. The van der Waals surface area contributed by atoms with Gasteiger partial charge in [-0.1, -0.05) is 0 Å². The van der Waals surface area contributed by atoms with Crippen molar-refractivity contribution in [1.82, 2.24) is 0 Å². The molecule has 1 atom stereocenters. The molecule has 1 aliphatic heterocycles. The van der Waals surface area contributed by atoms with E-state index < -0.39 is 0 Å². The molecule has 5 N–H and O–H groups in total. The first-order valence-corrected chi connectivity index (χ1v) is 5.71. The van der Waals surface area contributed by atoms with Crippen LogP contribution in [-0.4, -0.2) is 0 Å². The molecule has 3 nitrogen and oxygen atoms in total. The zero-order valence-corrected chi connectivity index (χ0v) is 7.34. The first-order chi connectivity index (χ1) is 5.25. The lowest BCUT2D eigenvalue weighted by Crippen LogP contribution is -2.13. The largest absolute Gasteiger partial charge is 0.399 e. The summed E-state index contributed by atoms with van der Waals surface area (Å²) >= 11 is 0. The van der Waals surface area contributed by atoms with E-state index in [1.807, 2.05) is 18.2 Å². The van der Waals surface area contributed by atoms with Crippen molar-refractivity contribution in [1.29, 1.82) is 0 Å². The normalized spacial score (nSPS) is 21.0. The van der Waals surface area contributed by atoms with Crippen LogP contribution in [0.1, 0.15) is 0 Å². The summed E-state index contributed by atoms with van der Waals surface area (Å²) in [5.74, 6) is 0. The number of benzene rings is 1. The molecule has 2 rings (SSSR count). The monoisotopic (exact) mass is 186 g/mol. The minimum Gasteiger partial charge on any atom is -0.399 e. The molecule has 0 fully saturated rings. The standard InChI is InChI=1S/C6H7N3S2/c7-4-1-2-5-6(3-4)10-11(8)9-5/h1-3H,7H2,(H2,8,9)/p+1. The number of hydrogen-bond donors (Lipinski definition) is 3. The number of nitrogens with two attached hydrogens (primary N) is 2. The maximum atomic E-state index is 5.67. The summed E-state index contributed by atoms with van der Waals surface area (Å²) in [5, 5.41) is 5.67. The summed E-state index contributed by atoms with van der Waals surface area (Å²) in [6.07, 6.45) is 0. The van der Waals surface area contributed by atoms with E-state index in [2.05, 4.69) is 4.72 Å². The third kappa shape index (κ3) is 1.26. The Balaban J connectivity index is 2.43. The number of anilines is 2. The maximum Gasteiger partial charge on any atom is 0.267 e. The molecule has 1 heterocycles. The molecule has 0 saturated carbocycles. The zero-order chi connectivity index (χ0) is 7.84. The number of nitrogen functional groups attached to an aromatic ring is 1. The number of fused-ring (bicyclic) bond motifs is 1. The van der Waals surface area contributed by atoms with Gasteiger partial charge in [0.15, 0.2) is 10.8 Å². The minimum absolute atomic E-state index is 0.266. The zero-order valence-electron chi connectivity index (χ0n) is 5.70. The Labute approximate surface area is 71.5 Å². The number of hydrogen-bond acceptors (Lipinski definition) is 4. The van der Waals surface area contributed by atoms with Gasteiger partial charge in [0.1, 0.15) is 5.69 Å². The molecule has 0 spiro atoms. The molecule has 0 radical (unpaired) electrons. The fourth-order valence-electron chi connectivity index (χ4n) is 0.918. The second-order valence-corrected chi connectivity index (χ2v) is 5.22. The summed E-state index contributed by atoms with van der Waals surface area (Å²) in [5.41, 5.74) is 7.48. The molecule has 58 valence electrons. The highest BCUT2D eigenvalue weighted by Gasteiger charge is 2.29. The van der Waals surface area contributed by atoms with Gasteiger partial charge in [-0.2, -0.15) is 4.72 Å². The highest BCUT2D eigenvalue weighted by atomic mass is 33.1. The van der Waals surface area contributed by atoms with Crippen LogP contribution in [0.5, 0.6) is 0 Å². The molecule has 5 heteroatoms. The SMILES string of the molecule is Nc1ccc2c(c1)S[S+](N)N2. The molecular formula is C6H8N3S2+. The van der Waals surface area contributed by atoms with Crippen LogP contribution < -0.4 is 15.6 Å². The van der Waals surface area contributed by atoms with E-state index >= 15 is 0 Å². The molecule has 1 unspecified atom stereocenters. The Morgan fingerprint density at radius 3 is 3.09 bits per heavy atom. The summed E-state index contributed by atoms with van der Waals surface area (Å²) in [4.78, 5) is 1.15. The van der Waals surface area contributed by atoms with Gasteiger partial charge in [-0.15, -0.1) is 5.14 Å². The lowest BCUT2D eigenvalue weighted by Gasteiger charge is -1.92. The summed E-state index contributed by atoms with van der Waals surface area (Å²) < 4.78 is 3.14. The van der Waals surface area contributed by atoms with Crippen LogP contribution in [0.15, 0.2) is 23.1 Å². The van der Waals surface area contributed by atoms with E-state index in [1.54, 1.807) is 10.8 Å². The van der Waals surface area contributed by atoms with Crippen molar-refractivity contribution in [2.45, 2.75) is 4.90 Å². The van der Waals surface area contributed by atoms with E-state index in [0.29, 0.717) is 0 Å². The highest BCUT2D eigenvalue weighted by Crippen LogP contribution is 2.39. The van der Waals surface area contributed by atoms with Crippen molar-refractivity contribution in [2.75, 3.05) is 10.5 Å².